The van der Waals surface area contributed by atoms with Crippen LogP contribution in [0.3, 0.4) is 0 Å². The second-order valence-electron chi connectivity index (χ2n) is 7.57. The molecule has 5 aromatic rings. The highest BCUT2D eigenvalue weighted by Crippen LogP contribution is 2.29. The van der Waals surface area contributed by atoms with Crippen LogP contribution in [0.25, 0.3) is 27.8 Å². The molecule has 0 spiro atoms. The number of anilines is 1. The van der Waals surface area contributed by atoms with Gasteiger partial charge in [-0.3, -0.25) is 4.79 Å². The topological polar surface area (TPSA) is 146 Å². The van der Waals surface area contributed by atoms with Gasteiger partial charge >= 0.3 is 0 Å². The number of nitrogen functional groups attached to an aromatic ring is 1. The number of amides is 1. The molecule has 3 aromatic carbocycles. The van der Waals surface area contributed by atoms with Crippen LogP contribution in [-0.2, 0) is 0 Å². The zero-order valence-corrected chi connectivity index (χ0v) is 18.8. The molecule has 0 atom stereocenters. The molecule has 174 valence electrons. The first kappa shape index (κ1) is 21.8. The zero-order chi connectivity index (χ0) is 24.4. The lowest BCUT2D eigenvalue weighted by Crippen LogP contribution is -2.21. The standard InChI is InChI=1S/C24H20N8O3/c1-14(18-12-6-8-15-7-3-4-11-19(15)18)26-28-24(33)20-21(16-9-5-10-17(13-16)34-2)32(31-27-20)23-22(25)29-35-30-23/h3-13H,1-2H3,(H2,25,29)(H,28,33)/b26-14-. The fourth-order valence-electron chi connectivity index (χ4n) is 3.74. The minimum Gasteiger partial charge on any atom is -0.497 e. The van der Waals surface area contributed by atoms with Gasteiger partial charge in [0.25, 0.3) is 5.91 Å². The minimum absolute atomic E-state index is 0.00387. The summed E-state index contributed by atoms with van der Waals surface area (Å²) in [5, 5.41) is 22.0. The van der Waals surface area contributed by atoms with Crippen LogP contribution >= 0.6 is 0 Å². The number of benzene rings is 3. The molecule has 0 aliphatic heterocycles. The Kier molecular flexibility index (Phi) is 5.63. The molecule has 3 N–H and O–H groups in total. The van der Waals surface area contributed by atoms with Crippen LogP contribution in [-0.4, -0.2) is 44.0 Å². The number of hydrogen-bond acceptors (Lipinski definition) is 9. The monoisotopic (exact) mass is 468 g/mol. The highest BCUT2D eigenvalue weighted by atomic mass is 16.6. The van der Waals surface area contributed by atoms with Crippen LogP contribution in [0.1, 0.15) is 23.0 Å². The lowest BCUT2D eigenvalue weighted by Gasteiger charge is -2.08. The molecule has 2 aromatic heterocycles. The van der Waals surface area contributed by atoms with Crippen molar-refractivity contribution in [3.63, 3.8) is 0 Å². The Morgan fingerprint density at radius 2 is 1.89 bits per heavy atom. The third-order valence-corrected chi connectivity index (χ3v) is 5.43. The number of carbonyl (C=O) groups is 1. The summed E-state index contributed by atoms with van der Waals surface area (Å²) in [6.45, 7) is 1.82. The van der Waals surface area contributed by atoms with Gasteiger partial charge in [-0.1, -0.05) is 59.8 Å². The van der Waals surface area contributed by atoms with Crippen molar-refractivity contribution in [1.29, 1.82) is 0 Å². The lowest BCUT2D eigenvalue weighted by molar-refractivity contribution is 0.0950. The van der Waals surface area contributed by atoms with E-state index in [1.807, 2.05) is 49.4 Å². The predicted molar refractivity (Wildman–Crippen MR) is 129 cm³/mol. The highest BCUT2D eigenvalue weighted by molar-refractivity contribution is 6.10. The van der Waals surface area contributed by atoms with Gasteiger partial charge in [-0.25, -0.2) is 10.1 Å². The smallest absolute Gasteiger partial charge is 0.294 e. The van der Waals surface area contributed by atoms with Crippen molar-refractivity contribution in [1.82, 2.24) is 30.7 Å². The summed E-state index contributed by atoms with van der Waals surface area (Å²) >= 11 is 0. The van der Waals surface area contributed by atoms with Crippen LogP contribution in [0, 0.1) is 0 Å². The molecule has 0 fully saturated rings. The molecular formula is C24H20N8O3. The fourth-order valence-corrected chi connectivity index (χ4v) is 3.74. The largest absolute Gasteiger partial charge is 0.497 e. The van der Waals surface area contributed by atoms with Gasteiger partial charge in [0.15, 0.2) is 5.69 Å². The first-order valence-corrected chi connectivity index (χ1v) is 10.6. The van der Waals surface area contributed by atoms with E-state index in [1.165, 1.54) is 4.68 Å². The van der Waals surface area contributed by atoms with Gasteiger partial charge in [0, 0.05) is 11.1 Å². The van der Waals surface area contributed by atoms with Crippen molar-refractivity contribution in [3.8, 4) is 22.8 Å². The fraction of sp³-hybridized carbons (Fsp3) is 0.0833. The van der Waals surface area contributed by atoms with Crippen molar-refractivity contribution >= 4 is 28.2 Å². The zero-order valence-electron chi connectivity index (χ0n) is 18.8. The second-order valence-corrected chi connectivity index (χ2v) is 7.57. The molecule has 0 radical (unpaired) electrons. The third-order valence-electron chi connectivity index (χ3n) is 5.43. The molecule has 1 amide bonds. The number of aromatic nitrogens is 5. The summed E-state index contributed by atoms with van der Waals surface area (Å²) in [7, 11) is 1.55. The molecule has 0 bridgehead atoms. The van der Waals surface area contributed by atoms with E-state index in [9.17, 15) is 4.79 Å². The summed E-state index contributed by atoms with van der Waals surface area (Å²) in [6, 6.07) is 21.0. The lowest BCUT2D eigenvalue weighted by atomic mass is 10.0. The number of methoxy groups -OCH3 is 1. The normalized spacial score (nSPS) is 11.5. The van der Waals surface area contributed by atoms with Crippen LogP contribution in [0.2, 0.25) is 0 Å². The van der Waals surface area contributed by atoms with Gasteiger partial charge in [-0.15, -0.1) is 5.10 Å². The maximum atomic E-state index is 13.2. The van der Waals surface area contributed by atoms with Gasteiger partial charge < -0.3 is 10.5 Å². The maximum Gasteiger partial charge on any atom is 0.294 e. The molecule has 2 heterocycles. The first-order chi connectivity index (χ1) is 17.1. The van der Waals surface area contributed by atoms with Gasteiger partial charge in [0.05, 0.1) is 12.8 Å². The Morgan fingerprint density at radius 1 is 1.09 bits per heavy atom. The van der Waals surface area contributed by atoms with Crippen molar-refractivity contribution in [3.05, 3.63) is 78.0 Å². The maximum absolute atomic E-state index is 13.2. The predicted octanol–water partition coefficient (Wildman–Crippen LogP) is 3.22. The Morgan fingerprint density at radius 3 is 2.69 bits per heavy atom. The van der Waals surface area contributed by atoms with Crippen molar-refractivity contribution in [2.24, 2.45) is 5.10 Å². The van der Waals surface area contributed by atoms with Crippen molar-refractivity contribution in [2.45, 2.75) is 6.92 Å². The second kappa shape index (κ2) is 9.06. The number of fused-ring (bicyclic) bond motifs is 1. The van der Waals surface area contributed by atoms with E-state index >= 15 is 0 Å². The SMILES string of the molecule is COc1cccc(-c2c(C(=O)N/N=C(/C)c3cccc4ccccc34)nnn2-c2nonc2N)c1. The average molecular weight is 468 g/mol. The van der Waals surface area contributed by atoms with E-state index in [4.69, 9.17) is 15.1 Å². The molecule has 11 nitrogen and oxygen atoms in total. The van der Waals surface area contributed by atoms with E-state index in [-0.39, 0.29) is 17.3 Å². The van der Waals surface area contributed by atoms with E-state index in [0.29, 0.717) is 22.7 Å². The molecule has 0 saturated heterocycles. The van der Waals surface area contributed by atoms with Gasteiger partial charge in [-0.2, -0.15) is 9.78 Å². The molecule has 0 unspecified atom stereocenters. The Balaban J connectivity index is 1.53. The number of nitrogens with one attached hydrogen (secondary N) is 1. The molecule has 35 heavy (non-hydrogen) atoms. The number of rotatable bonds is 6. The van der Waals surface area contributed by atoms with E-state index in [0.717, 1.165) is 16.3 Å². The van der Waals surface area contributed by atoms with Gasteiger partial charge in [0.2, 0.25) is 11.6 Å². The Labute approximate surface area is 199 Å². The Bertz CT molecular complexity index is 1560. The molecule has 0 saturated carbocycles. The molecular weight excluding hydrogens is 448 g/mol. The molecule has 0 aliphatic rings. The number of hydrogen-bond donors (Lipinski definition) is 2. The first-order valence-electron chi connectivity index (χ1n) is 10.6. The van der Waals surface area contributed by atoms with Crippen LogP contribution in [0.15, 0.2) is 76.5 Å². The van der Waals surface area contributed by atoms with Crippen LogP contribution in [0.5, 0.6) is 5.75 Å². The number of carbonyl (C=O) groups excluding carboxylic acids is 1. The highest BCUT2D eigenvalue weighted by Gasteiger charge is 2.25. The van der Waals surface area contributed by atoms with Crippen LogP contribution in [0.4, 0.5) is 5.82 Å². The average Bonchev–Trinajstić information content (AvgIpc) is 3.52. The van der Waals surface area contributed by atoms with Gasteiger partial charge in [0.1, 0.15) is 11.4 Å². The number of nitrogens with zero attached hydrogens (tertiary/aromatic N) is 6. The Hall–Kier alpha value is -5.06. The van der Waals surface area contributed by atoms with E-state index < -0.39 is 5.91 Å². The number of hydrazone groups is 1. The van der Waals surface area contributed by atoms with Gasteiger partial charge in [-0.05, 0) is 40.1 Å². The van der Waals surface area contributed by atoms with Crippen molar-refractivity contribution < 1.29 is 14.2 Å². The van der Waals surface area contributed by atoms with Crippen molar-refractivity contribution in [2.75, 3.05) is 12.8 Å². The van der Waals surface area contributed by atoms with E-state index in [2.05, 4.69) is 31.2 Å². The summed E-state index contributed by atoms with van der Waals surface area (Å²) in [6.07, 6.45) is 0. The summed E-state index contributed by atoms with van der Waals surface area (Å²) in [4.78, 5) is 13.2. The molecule has 11 heteroatoms. The molecule has 0 aliphatic carbocycles. The molecule has 5 rings (SSSR count). The summed E-state index contributed by atoms with van der Waals surface area (Å²) < 4.78 is 11.3. The number of ether oxygens (including phenoxy) is 1. The third kappa shape index (κ3) is 4.06. The minimum atomic E-state index is -0.566. The van der Waals surface area contributed by atoms with E-state index in [1.54, 1.807) is 31.4 Å². The van der Waals surface area contributed by atoms with Crippen LogP contribution < -0.4 is 15.9 Å². The quantitative estimate of drug-likeness (QED) is 0.285. The number of nitrogens with two attached hydrogens (primary N) is 1. The summed E-state index contributed by atoms with van der Waals surface area (Å²) in [5.41, 5.74) is 10.9. The summed E-state index contributed by atoms with van der Waals surface area (Å²) in [5.74, 6) is 0.113.